The Bertz CT molecular complexity index is 872. The molecule has 1 saturated heterocycles. The molecule has 2 heterocycles. The first-order valence-electron chi connectivity index (χ1n) is 9.35. The Labute approximate surface area is 153 Å². The standard InChI is InChI=1S/C20H27N3O3/c1-4-5-8-17-21-16-10-9-13(12-14(16)18(24)22-17)20(2,26)15-7-6-11-23(3)19(15)25/h9-10,12,15,26H,4-8,11H2,1-3H3,(H,21,22,24). The van der Waals surface area contributed by atoms with Crippen LogP contribution in [0.25, 0.3) is 10.9 Å². The number of nitrogens with one attached hydrogen (secondary N) is 1. The molecule has 2 unspecified atom stereocenters. The third kappa shape index (κ3) is 3.38. The van der Waals surface area contributed by atoms with Gasteiger partial charge in [-0.15, -0.1) is 0 Å². The van der Waals surface area contributed by atoms with E-state index in [1.54, 1.807) is 37.1 Å². The van der Waals surface area contributed by atoms with Crippen molar-refractivity contribution >= 4 is 16.8 Å². The van der Waals surface area contributed by atoms with Crippen molar-refractivity contribution < 1.29 is 9.90 Å². The first-order valence-corrected chi connectivity index (χ1v) is 9.35. The van der Waals surface area contributed by atoms with E-state index < -0.39 is 11.5 Å². The Hall–Kier alpha value is -2.21. The summed E-state index contributed by atoms with van der Waals surface area (Å²) in [5, 5.41) is 11.6. The fraction of sp³-hybridized carbons (Fsp3) is 0.550. The molecule has 0 aliphatic carbocycles. The fourth-order valence-electron chi connectivity index (χ4n) is 3.73. The minimum absolute atomic E-state index is 0.0525. The number of likely N-dealkylation sites (tertiary alicyclic amines) is 1. The number of carbonyl (C=O) groups is 1. The Morgan fingerprint density at radius 2 is 2.15 bits per heavy atom. The zero-order chi connectivity index (χ0) is 18.9. The largest absolute Gasteiger partial charge is 0.385 e. The van der Waals surface area contributed by atoms with Gasteiger partial charge >= 0.3 is 0 Å². The smallest absolute Gasteiger partial charge is 0.280 e. The van der Waals surface area contributed by atoms with Gasteiger partial charge < -0.3 is 15.0 Å². The van der Waals surface area contributed by atoms with E-state index in [0.29, 0.717) is 35.3 Å². The Kier molecular flexibility index (Phi) is 5.14. The van der Waals surface area contributed by atoms with Gasteiger partial charge in [0.15, 0.2) is 0 Å². The number of fused-ring (bicyclic) bond motifs is 1. The van der Waals surface area contributed by atoms with Gasteiger partial charge in [-0.05, 0) is 43.9 Å². The number of carbonyl (C=O) groups excluding carboxylic acids is 1. The van der Waals surface area contributed by atoms with Gasteiger partial charge in [-0.1, -0.05) is 19.4 Å². The molecule has 1 aliphatic heterocycles. The molecule has 3 rings (SSSR count). The van der Waals surface area contributed by atoms with Crippen LogP contribution in [0.1, 0.15) is 50.9 Å². The van der Waals surface area contributed by atoms with Crippen molar-refractivity contribution in [2.45, 2.75) is 51.6 Å². The first-order chi connectivity index (χ1) is 12.3. The second-order valence-electron chi connectivity index (χ2n) is 7.45. The molecule has 1 amide bonds. The number of aromatic amines is 1. The van der Waals surface area contributed by atoms with Crippen LogP contribution in [0.2, 0.25) is 0 Å². The molecule has 1 aliphatic rings. The molecule has 0 spiro atoms. The highest BCUT2D eigenvalue weighted by Crippen LogP contribution is 2.36. The van der Waals surface area contributed by atoms with Gasteiger partial charge in [0.25, 0.3) is 5.56 Å². The molecule has 0 radical (unpaired) electrons. The molecule has 0 saturated carbocycles. The Morgan fingerprint density at radius 1 is 1.38 bits per heavy atom. The molecule has 26 heavy (non-hydrogen) atoms. The lowest BCUT2D eigenvalue weighted by Crippen LogP contribution is -2.47. The average Bonchev–Trinajstić information content (AvgIpc) is 2.61. The maximum absolute atomic E-state index is 12.5. The van der Waals surface area contributed by atoms with Crippen LogP contribution < -0.4 is 5.56 Å². The molecule has 6 heteroatoms. The summed E-state index contributed by atoms with van der Waals surface area (Å²) in [6, 6.07) is 5.27. The number of hydrogen-bond acceptors (Lipinski definition) is 4. The lowest BCUT2D eigenvalue weighted by atomic mass is 9.77. The average molecular weight is 357 g/mol. The van der Waals surface area contributed by atoms with Crippen molar-refractivity contribution in [3.63, 3.8) is 0 Å². The highest BCUT2D eigenvalue weighted by Gasteiger charge is 2.41. The topological polar surface area (TPSA) is 86.3 Å². The monoisotopic (exact) mass is 357 g/mol. The van der Waals surface area contributed by atoms with Crippen molar-refractivity contribution in [3.05, 3.63) is 39.9 Å². The summed E-state index contributed by atoms with van der Waals surface area (Å²) in [7, 11) is 1.76. The fourth-order valence-corrected chi connectivity index (χ4v) is 3.73. The van der Waals surface area contributed by atoms with E-state index in [9.17, 15) is 14.7 Å². The molecule has 1 fully saturated rings. The van der Waals surface area contributed by atoms with E-state index in [2.05, 4.69) is 16.9 Å². The number of nitrogens with zero attached hydrogens (tertiary/aromatic N) is 2. The Balaban J connectivity index is 1.99. The van der Waals surface area contributed by atoms with Crippen molar-refractivity contribution in [2.75, 3.05) is 13.6 Å². The number of aliphatic hydroxyl groups is 1. The van der Waals surface area contributed by atoms with Gasteiger partial charge in [0.05, 0.1) is 22.4 Å². The predicted molar refractivity (Wildman–Crippen MR) is 101 cm³/mol. The molecule has 1 aromatic heterocycles. The van der Waals surface area contributed by atoms with Gasteiger partial charge in [-0.25, -0.2) is 0 Å². The number of H-pyrrole nitrogens is 1. The van der Waals surface area contributed by atoms with Crippen LogP contribution in [-0.4, -0.2) is 39.5 Å². The molecule has 140 valence electrons. The van der Waals surface area contributed by atoms with Crippen LogP contribution in [0, 0.1) is 5.92 Å². The maximum atomic E-state index is 12.5. The number of piperidine rings is 1. The number of aryl methyl sites for hydroxylation is 1. The summed E-state index contributed by atoms with van der Waals surface area (Å²) in [4.78, 5) is 34.0. The van der Waals surface area contributed by atoms with Crippen LogP contribution >= 0.6 is 0 Å². The molecule has 2 N–H and O–H groups in total. The zero-order valence-corrected chi connectivity index (χ0v) is 15.7. The summed E-state index contributed by atoms with van der Waals surface area (Å²) in [5.41, 5.74) is -0.336. The van der Waals surface area contributed by atoms with Gasteiger partial charge in [-0.3, -0.25) is 9.59 Å². The SMILES string of the molecule is CCCCc1nc(=O)c2cc(C(C)(O)C3CCCN(C)C3=O)ccc2[nH]1. The number of hydrogen-bond donors (Lipinski definition) is 2. The molecule has 0 bridgehead atoms. The third-order valence-corrected chi connectivity index (χ3v) is 5.46. The molecule has 6 nitrogen and oxygen atoms in total. The van der Waals surface area contributed by atoms with E-state index in [4.69, 9.17) is 0 Å². The Morgan fingerprint density at radius 3 is 2.88 bits per heavy atom. The van der Waals surface area contributed by atoms with Crippen LogP contribution in [0.4, 0.5) is 0 Å². The summed E-state index contributed by atoms with van der Waals surface area (Å²) < 4.78 is 0. The predicted octanol–water partition coefficient (Wildman–Crippen LogP) is 2.34. The second kappa shape index (κ2) is 7.19. The van der Waals surface area contributed by atoms with E-state index in [1.165, 1.54) is 0 Å². The molecule has 2 atom stereocenters. The third-order valence-electron chi connectivity index (χ3n) is 5.46. The van der Waals surface area contributed by atoms with Crippen molar-refractivity contribution in [3.8, 4) is 0 Å². The summed E-state index contributed by atoms with van der Waals surface area (Å²) in [6.45, 7) is 4.47. The quantitative estimate of drug-likeness (QED) is 0.860. The molecular weight excluding hydrogens is 330 g/mol. The summed E-state index contributed by atoms with van der Waals surface area (Å²) >= 11 is 0. The van der Waals surface area contributed by atoms with E-state index in [1.807, 2.05) is 0 Å². The number of amides is 1. The minimum atomic E-state index is -1.33. The van der Waals surface area contributed by atoms with Gasteiger partial charge in [0, 0.05) is 20.0 Å². The highest BCUT2D eigenvalue weighted by molar-refractivity contribution is 5.82. The van der Waals surface area contributed by atoms with E-state index in [-0.39, 0.29) is 11.5 Å². The second-order valence-corrected chi connectivity index (χ2v) is 7.45. The van der Waals surface area contributed by atoms with Crippen LogP contribution in [-0.2, 0) is 16.8 Å². The lowest BCUT2D eigenvalue weighted by molar-refractivity contribution is -0.148. The number of benzene rings is 1. The lowest BCUT2D eigenvalue weighted by Gasteiger charge is -2.38. The van der Waals surface area contributed by atoms with Crippen LogP contribution in [0.3, 0.4) is 0 Å². The van der Waals surface area contributed by atoms with Gasteiger partial charge in [0.2, 0.25) is 5.91 Å². The summed E-state index contributed by atoms with van der Waals surface area (Å²) in [5.74, 6) is 0.130. The normalized spacial score (nSPS) is 20.4. The van der Waals surface area contributed by atoms with E-state index in [0.717, 1.165) is 25.7 Å². The highest BCUT2D eigenvalue weighted by atomic mass is 16.3. The number of unbranched alkanes of at least 4 members (excludes halogenated alkanes) is 1. The molecule has 1 aromatic carbocycles. The number of rotatable bonds is 5. The summed E-state index contributed by atoms with van der Waals surface area (Å²) in [6.07, 6.45) is 4.24. The minimum Gasteiger partial charge on any atom is -0.385 e. The van der Waals surface area contributed by atoms with Crippen LogP contribution in [0.5, 0.6) is 0 Å². The van der Waals surface area contributed by atoms with E-state index >= 15 is 0 Å². The molecule has 2 aromatic rings. The zero-order valence-electron chi connectivity index (χ0n) is 15.7. The van der Waals surface area contributed by atoms with Crippen molar-refractivity contribution in [1.82, 2.24) is 14.9 Å². The van der Waals surface area contributed by atoms with Crippen molar-refractivity contribution in [1.29, 1.82) is 0 Å². The first kappa shape index (κ1) is 18.6. The van der Waals surface area contributed by atoms with Crippen LogP contribution in [0.15, 0.2) is 23.0 Å². The molecular formula is C20H27N3O3. The van der Waals surface area contributed by atoms with Gasteiger partial charge in [-0.2, -0.15) is 4.98 Å². The van der Waals surface area contributed by atoms with Crippen molar-refractivity contribution in [2.24, 2.45) is 5.92 Å². The maximum Gasteiger partial charge on any atom is 0.280 e. The van der Waals surface area contributed by atoms with Gasteiger partial charge in [0.1, 0.15) is 5.82 Å². The number of aromatic nitrogens is 2.